The lowest BCUT2D eigenvalue weighted by Crippen LogP contribution is -2.53. The molecule has 0 aromatic heterocycles. The van der Waals surface area contributed by atoms with E-state index in [0.717, 1.165) is 6.42 Å². The molecule has 6 heteroatoms. The summed E-state index contributed by atoms with van der Waals surface area (Å²) in [5.41, 5.74) is 0.506. The van der Waals surface area contributed by atoms with Crippen LogP contribution in [0.1, 0.15) is 61.1 Å². The molecule has 1 heterocycles. The van der Waals surface area contributed by atoms with Crippen LogP contribution in [0.5, 0.6) is 0 Å². The molecule has 1 amide bonds. The number of hydrogen-bond acceptors (Lipinski definition) is 5. The third-order valence-electron chi connectivity index (χ3n) is 5.07. The molecule has 0 spiro atoms. The highest BCUT2D eigenvalue weighted by molar-refractivity contribution is 6.04. The SMILES string of the molecule is CC(=O)OC1C(N2CCCC2=O)c2cc(C#N)ccc2C(=O)C1(C)C. The van der Waals surface area contributed by atoms with E-state index in [1.165, 1.54) is 6.92 Å². The van der Waals surface area contributed by atoms with Crippen molar-refractivity contribution >= 4 is 17.7 Å². The van der Waals surface area contributed by atoms with Crippen molar-refractivity contribution in [3.63, 3.8) is 0 Å². The molecular formula is C19H20N2O4. The zero-order valence-corrected chi connectivity index (χ0v) is 14.5. The first-order valence-electron chi connectivity index (χ1n) is 8.33. The number of esters is 1. The Labute approximate surface area is 146 Å². The Morgan fingerprint density at radius 1 is 1.36 bits per heavy atom. The van der Waals surface area contributed by atoms with Crippen LogP contribution in [0.3, 0.4) is 0 Å². The highest BCUT2D eigenvalue weighted by Gasteiger charge is 2.53. The number of rotatable bonds is 2. The van der Waals surface area contributed by atoms with Crippen molar-refractivity contribution in [3.8, 4) is 6.07 Å². The number of hydrogen-bond donors (Lipinski definition) is 0. The normalized spacial score (nSPS) is 24.6. The summed E-state index contributed by atoms with van der Waals surface area (Å²) in [5, 5.41) is 9.22. The van der Waals surface area contributed by atoms with Gasteiger partial charge in [-0.15, -0.1) is 0 Å². The fourth-order valence-electron chi connectivity index (χ4n) is 3.80. The van der Waals surface area contributed by atoms with Gasteiger partial charge in [-0.1, -0.05) is 0 Å². The molecule has 2 aliphatic rings. The van der Waals surface area contributed by atoms with E-state index >= 15 is 0 Å². The Bertz CT molecular complexity index is 806. The second kappa shape index (κ2) is 5.99. The van der Waals surface area contributed by atoms with E-state index in [-0.39, 0.29) is 11.7 Å². The van der Waals surface area contributed by atoms with E-state index in [9.17, 15) is 19.6 Å². The number of nitriles is 1. The molecule has 130 valence electrons. The van der Waals surface area contributed by atoms with E-state index in [0.29, 0.717) is 29.7 Å². The first kappa shape index (κ1) is 17.2. The smallest absolute Gasteiger partial charge is 0.303 e. The monoisotopic (exact) mass is 340 g/mol. The number of ether oxygens (including phenoxy) is 1. The second-order valence-electron chi connectivity index (χ2n) is 7.13. The molecule has 1 aromatic rings. The van der Waals surface area contributed by atoms with Crippen molar-refractivity contribution < 1.29 is 19.1 Å². The molecule has 1 fully saturated rings. The fraction of sp³-hybridized carbons (Fsp3) is 0.474. The summed E-state index contributed by atoms with van der Waals surface area (Å²) in [6.07, 6.45) is 0.371. The Balaban J connectivity index is 2.23. The van der Waals surface area contributed by atoms with Crippen molar-refractivity contribution in [2.24, 2.45) is 5.41 Å². The molecule has 1 aliphatic heterocycles. The van der Waals surface area contributed by atoms with Crippen molar-refractivity contribution in [1.82, 2.24) is 4.90 Å². The summed E-state index contributed by atoms with van der Waals surface area (Å²) in [5.74, 6) is -0.677. The van der Waals surface area contributed by atoms with Crippen LogP contribution in [-0.2, 0) is 14.3 Å². The van der Waals surface area contributed by atoms with Gasteiger partial charge in [0.25, 0.3) is 0 Å². The molecule has 25 heavy (non-hydrogen) atoms. The van der Waals surface area contributed by atoms with Crippen LogP contribution in [0.15, 0.2) is 18.2 Å². The van der Waals surface area contributed by atoms with Gasteiger partial charge in [0.1, 0.15) is 6.10 Å². The summed E-state index contributed by atoms with van der Waals surface area (Å²) in [6.45, 7) is 5.31. The molecule has 6 nitrogen and oxygen atoms in total. The zero-order chi connectivity index (χ0) is 18.4. The van der Waals surface area contributed by atoms with Gasteiger partial charge in [-0.3, -0.25) is 14.4 Å². The molecule has 0 saturated carbocycles. The molecular weight excluding hydrogens is 320 g/mol. The number of carbonyl (C=O) groups excluding carboxylic acids is 3. The van der Waals surface area contributed by atoms with Gasteiger partial charge in [0.2, 0.25) is 5.91 Å². The van der Waals surface area contributed by atoms with E-state index in [2.05, 4.69) is 6.07 Å². The average molecular weight is 340 g/mol. The summed E-state index contributed by atoms with van der Waals surface area (Å²) in [4.78, 5) is 38.8. The van der Waals surface area contributed by atoms with Crippen LogP contribution in [0.25, 0.3) is 0 Å². The van der Waals surface area contributed by atoms with Crippen LogP contribution >= 0.6 is 0 Å². The number of likely N-dealkylation sites (tertiary alicyclic amines) is 1. The van der Waals surface area contributed by atoms with Gasteiger partial charge in [0.05, 0.1) is 23.1 Å². The Kier molecular flexibility index (Phi) is 4.11. The van der Waals surface area contributed by atoms with E-state index < -0.39 is 23.5 Å². The second-order valence-corrected chi connectivity index (χ2v) is 7.13. The predicted molar refractivity (Wildman–Crippen MR) is 88.5 cm³/mol. The fourth-order valence-corrected chi connectivity index (χ4v) is 3.80. The Morgan fingerprint density at radius 3 is 2.64 bits per heavy atom. The lowest BCUT2D eigenvalue weighted by atomic mass is 9.68. The number of amides is 1. The third kappa shape index (κ3) is 2.70. The number of Topliss-reactive ketones (excluding diaryl/α,β-unsaturated/α-hetero) is 1. The lowest BCUT2D eigenvalue weighted by molar-refractivity contribution is -0.160. The maximum atomic E-state index is 13.0. The van der Waals surface area contributed by atoms with Crippen LogP contribution in [0, 0.1) is 16.7 Å². The van der Waals surface area contributed by atoms with Gasteiger partial charge < -0.3 is 9.64 Å². The highest BCUT2D eigenvalue weighted by atomic mass is 16.5. The summed E-state index contributed by atoms with van der Waals surface area (Å²) >= 11 is 0. The van der Waals surface area contributed by atoms with Gasteiger partial charge in [-0.2, -0.15) is 5.26 Å². The van der Waals surface area contributed by atoms with Crippen molar-refractivity contribution in [2.75, 3.05) is 6.54 Å². The summed E-state index contributed by atoms with van der Waals surface area (Å²) in [6, 6.07) is 6.38. The maximum absolute atomic E-state index is 13.0. The largest absolute Gasteiger partial charge is 0.459 e. The summed E-state index contributed by atoms with van der Waals surface area (Å²) in [7, 11) is 0. The van der Waals surface area contributed by atoms with Gasteiger partial charge in [0, 0.05) is 25.5 Å². The first-order valence-corrected chi connectivity index (χ1v) is 8.33. The standard InChI is InChI=1S/C19H20N2O4/c1-11(22)25-18-16(21-8-4-5-15(21)23)14-9-12(10-20)6-7-13(14)17(24)19(18,2)3/h6-7,9,16,18H,4-5,8H2,1-3H3. The predicted octanol–water partition coefficient (Wildman–Crippen LogP) is 2.38. The summed E-state index contributed by atoms with van der Waals surface area (Å²) < 4.78 is 5.54. The molecule has 2 atom stereocenters. The first-order chi connectivity index (χ1) is 11.8. The van der Waals surface area contributed by atoms with Crippen LogP contribution in [-0.4, -0.2) is 35.2 Å². The quantitative estimate of drug-likeness (QED) is 0.771. The van der Waals surface area contributed by atoms with Gasteiger partial charge in [-0.25, -0.2) is 0 Å². The Hall–Kier alpha value is -2.68. The topological polar surface area (TPSA) is 87.5 Å². The molecule has 0 radical (unpaired) electrons. The van der Waals surface area contributed by atoms with Crippen LogP contribution in [0.4, 0.5) is 0 Å². The van der Waals surface area contributed by atoms with Crippen molar-refractivity contribution in [3.05, 3.63) is 34.9 Å². The van der Waals surface area contributed by atoms with Crippen molar-refractivity contribution in [2.45, 2.75) is 45.8 Å². The van der Waals surface area contributed by atoms with E-state index in [1.807, 2.05) is 0 Å². The minimum atomic E-state index is -0.972. The van der Waals surface area contributed by atoms with Crippen molar-refractivity contribution in [1.29, 1.82) is 5.26 Å². The van der Waals surface area contributed by atoms with Gasteiger partial charge >= 0.3 is 5.97 Å². The number of nitrogens with zero attached hydrogens (tertiary/aromatic N) is 2. The third-order valence-corrected chi connectivity index (χ3v) is 5.07. The van der Waals surface area contributed by atoms with E-state index in [4.69, 9.17) is 4.74 Å². The molecule has 1 aromatic carbocycles. The minimum absolute atomic E-state index is 0.0272. The number of benzene rings is 1. The number of ketones is 1. The molecule has 2 unspecified atom stereocenters. The molecule has 3 rings (SSSR count). The highest BCUT2D eigenvalue weighted by Crippen LogP contribution is 2.46. The minimum Gasteiger partial charge on any atom is -0.459 e. The van der Waals surface area contributed by atoms with Crippen LogP contribution in [0.2, 0.25) is 0 Å². The van der Waals surface area contributed by atoms with Gasteiger partial charge in [-0.05, 0) is 44.0 Å². The lowest BCUT2D eigenvalue weighted by Gasteiger charge is -2.45. The van der Waals surface area contributed by atoms with Crippen LogP contribution < -0.4 is 0 Å². The van der Waals surface area contributed by atoms with Gasteiger partial charge in [0.15, 0.2) is 5.78 Å². The zero-order valence-electron chi connectivity index (χ0n) is 14.5. The Morgan fingerprint density at radius 2 is 2.08 bits per heavy atom. The van der Waals surface area contributed by atoms with E-state index in [1.54, 1.807) is 36.9 Å². The number of carbonyl (C=O) groups is 3. The molecule has 0 N–H and O–H groups in total. The maximum Gasteiger partial charge on any atom is 0.303 e. The average Bonchev–Trinajstić information content (AvgIpc) is 2.98. The molecule has 0 bridgehead atoms. The number of fused-ring (bicyclic) bond motifs is 1. The molecule has 1 saturated heterocycles. The molecule has 1 aliphatic carbocycles.